The van der Waals surface area contributed by atoms with E-state index in [4.69, 9.17) is 4.74 Å². The quantitative estimate of drug-likeness (QED) is 0.618. The molecule has 3 rings (SSSR count). The highest BCUT2D eigenvalue weighted by Crippen LogP contribution is 2.36. The summed E-state index contributed by atoms with van der Waals surface area (Å²) in [7, 11) is 0. The van der Waals surface area contributed by atoms with E-state index in [-0.39, 0.29) is 5.91 Å². The van der Waals surface area contributed by atoms with Gasteiger partial charge >= 0.3 is 0 Å². The minimum atomic E-state index is 0.0656. The van der Waals surface area contributed by atoms with E-state index < -0.39 is 0 Å². The molecule has 0 N–H and O–H groups in total. The van der Waals surface area contributed by atoms with E-state index in [9.17, 15) is 4.79 Å². The number of carbonyl (C=O) groups excluding carboxylic acids is 1. The van der Waals surface area contributed by atoms with Gasteiger partial charge in [-0.15, -0.1) is 10.2 Å². The van der Waals surface area contributed by atoms with Gasteiger partial charge in [-0.3, -0.25) is 9.69 Å². The van der Waals surface area contributed by atoms with E-state index in [0.717, 1.165) is 41.1 Å². The van der Waals surface area contributed by atoms with Gasteiger partial charge in [0, 0.05) is 25.3 Å². The van der Waals surface area contributed by atoms with Crippen molar-refractivity contribution in [3.8, 4) is 0 Å². The van der Waals surface area contributed by atoms with Crippen molar-refractivity contribution < 1.29 is 9.53 Å². The van der Waals surface area contributed by atoms with Crippen LogP contribution >= 0.6 is 23.1 Å². The van der Waals surface area contributed by atoms with Gasteiger partial charge in [0.15, 0.2) is 4.34 Å². The molecule has 7 heteroatoms. The van der Waals surface area contributed by atoms with Gasteiger partial charge in [-0.2, -0.15) is 0 Å². The Balaban J connectivity index is 1.57. The van der Waals surface area contributed by atoms with E-state index in [1.165, 1.54) is 24.2 Å². The number of aromatic nitrogens is 2. The second-order valence-corrected chi connectivity index (χ2v) is 7.49. The third kappa shape index (κ3) is 3.51. The lowest BCUT2D eigenvalue weighted by Crippen LogP contribution is -2.30. The number of ether oxygens (including phenoxy) is 1. The number of anilines is 1. The fraction of sp³-hybridized carbons (Fsp3) is 0.769. The maximum absolute atomic E-state index is 11.7. The van der Waals surface area contributed by atoms with Crippen molar-refractivity contribution >= 4 is 34.1 Å². The van der Waals surface area contributed by atoms with Crippen LogP contribution in [0.4, 0.5) is 5.13 Å². The van der Waals surface area contributed by atoms with Crippen molar-refractivity contribution in [2.45, 2.75) is 55.5 Å². The highest BCUT2D eigenvalue weighted by molar-refractivity contribution is 8.01. The molecule has 1 aromatic rings. The van der Waals surface area contributed by atoms with E-state index in [0.29, 0.717) is 12.1 Å². The van der Waals surface area contributed by atoms with Crippen LogP contribution in [0.25, 0.3) is 0 Å². The van der Waals surface area contributed by atoms with Crippen molar-refractivity contribution in [1.82, 2.24) is 10.2 Å². The number of hydrogen-bond donors (Lipinski definition) is 0. The lowest BCUT2D eigenvalue weighted by atomic mass is 10.1. The molecule has 0 radical (unpaired) electrons. The smallest absolute Gasteiger partial charge is 0.225 e. The Morgan fingerprint density at radius 3 is 2.90 bits per heavy atom. The van der Waals surface area contributed by atoms with Crippen LogP contribution in [0, 0.1) is 0 Å². The zero-order chi connectivity index (χ0) is 13.9. The molecule has 1 saturated heterocycles. The summed E-state index contributed by atoms with van der Waals surface area (Å²) in [5.74, 6) is 0.994. The molecule has 0 bridgehead atoms. The first-order valence-electron chi connectivity index (χ1n) is 7.12. The highest BCUT2D eigenvalue weighted by atomic mass is 32.2. The first-order valence-corrected chi connectivity index (χ1v) is 8.92. The fourth-order valence-corrected chi connectivity index (χ4v) is 4.39. The van der Waals surface area contributed by atoms with Crippen LogP contribution in [0.1, 0.15) is 39.0 Å². The first-order chi connectivity index (χ1) is 9.74. The number of nitrogens with zero attached hydrogens (tertiary/aromatic N) is 3. The van der Waals surface area contributed by atoms with Gasteiger partial charge in [0.2, 0.25) is 11.0 Å². The molecule has 110 valence electrons. The Hall–Kier alpha value is -0.660. The molecule has 1 unspecified atom stereocenters. The Morgan fingerprint density at radius 1 is 1.40 bits per heavy atom. The monoisotopic (exact) mass is 313 g/mol. The first kappa shape index (κ1) is 14.3. The molecular formula is C13H19N3O2S2. The molecule has 2 fully saturated rings. The van der Waals surface area contributed by atoms with E-state index >= 15 is 0 Å². The largest absolute Gasteiger partial charge is 0.377 e. The summed E-state index contributed by atoms with van der Waals surface area (Å²) in [5.41, 5.74) is 0. The second kappa shape index (κ2) is 6.41. The van der Waals surface area contributed by atoms with Gasteiger partial charge in [-0.1, -0.05) is 23.1 Å². The summed E-state index contributed by atoms with van der Waals surface area (Å²) in [5, 5.41) is 9.11. The van der Waals surface area contributed by atoms with Crippen molar-refractivity contribution in [2.24, 2.45) is 0 Å². The predicted octanol–water partition coefficient (Wildman–Crippen LogP) is 2.71. The van der Waals surface area contributed by atoms with Crippen LogP contribution < -0.4 is 4.90 Å². The molecule has 1 amide bonds. The fourth-order valence-electron chi connectivity index (χ4n) is 2.34. The average Bonchev–Trinajstić information content (AvgIpc) is 3.16. The molecule has 1 aliphatic heterocycles. The van der Waals surface area contributed by atoms with Crippen LogP contribution in [0.15, 0.2) is 4.34 Å². The van der Waals surface area contributed by atoms with Crippen molar-refractivity contribution in [1.29, 1.82) is 0 Å². The standard InChI is InChI=1S/C13H19N3O2S2/c1-9(17)16(10-5-6-10)12-14-15-13(20-12)19-8-11-4-2-3-7-18-11/h10-11H,2-8H2,1H3. The minimum Gasteiger partial charge on any atom is -0.377 e. The van der Waals surface area contributed by atoms with Crippen molar-refractivity contribution in [3.63, 3.8) is 0 Å². The number of carbonyl (C=O) groups is 1. The summed E-state index contributed by atoms with van der Waals surface area (Å²) in [6.07, 6.45) is 6.08. The third-order valence-corrected chi connectivity index (χ3v) is 5.71. The minimum absolute atomic E-state index is 0.0656. The Morgan fingerprint density at radius 2 is 2.25 bits per heavy atom. The molecule has 1 aliphatic carbocycles. The zero-order valence-electron chi connectivity index (χ0n) is 11.6. The molecule has 2 aliphatic rings. The summed E-state index contributed by atoms with van der Waals surface area (Å²) in [6, 6.07) is 0.347. The molecule has 0 spiro atoms. The normalized spacial score (nSPS) is 22.8. The highest BCUT2D eigenvalue weighted by Gasteiger charge is 2.34. The molecule has 0 aromatic carbocycles. The van der Waals surface area contributed by atoms with Gasteiger partial charge in [0.25, 0.3) is 0 Å². The van der Waals surface area contributed by atoms with Crippen LogP contribution in [0.2, 0.25) is 0 Å². The molecule has 5 nitrogen and oxygen atoms in total. The van der Waals surface area contributed by atoms with Crippen molar-refractivity contribution in [2.75, 3.05) is 17.3 Å². The van der Waals surface area contributed by atoms with Crippen LogP contribution in [-0.2, 0) is 9.53 Å². The predicted molar refractivity (Wildman–Crippen MR) is 80.4 cm³/mol. The van der Waals surface area contributed by atoms with Gasteiger partial charge in [0.1, 0.15) is 0 Å². The molecule has 1 saturated carbocycles. The molecule has 20 heavy (non-hydrogen) atoms. The van der Waals surface area contributed by atoms with Gasteiger partial charge in [-0.05, 0) is 32.1 Å². The summed E-state index contributed by atoms with van der Waals surface area (Å²) in [4.78, 5) is 13.5. The topological polar surface area (TPSA) is 55.3 Å². The molecular weight excluding hydrogens is 294 g/mol. The van der Waals surface area contributed by atoms with Crippen LogP contribution in [0.5, 0.6) is 0 Å². The summed E-state index contributed by atoms with van der Waals surface area (Å²) < 4.78 is 6.64. The molecule has 1 aromatic heterocycles. The van der Waals surface area contributed by atoms with Crippen LogP contribution in [-0.4, -0.2) is 40.6 Å². The van der Waals surface area contributed by atoms with Gasteiger partial charge in [0.05, 0.1) is 6.10 Å². The number of rotatable bonds is 5. The van der Waals surface area contributed by atoms with Gasteiger partial charge < -0.3 is 4.74 Å². The van der Waals surface area contributed by atoms with E-state index in [1.807, 2.05) is 0 Å². The summed E-state index contributed by atoms with van der Waals surface area (Å²) in [6.45, 7) is 2.48. The Kier molecular flexibility index (Phi) is 4.58. The molecule has 1 atom stereocenters. The van der Waals surface area contributed by atoms with Gasteiger partial charge in [-0.25, -0.2) is 0 Å². The summed E-state index contributed by atoms with van der Waals surface area (Å²) >= 11 is 3.21. The Bertz CT molecular complexity index is 470. The van der Waals surface area contributed by atoms with Crippen molar-refractivity contribution in [3.05, 3.63) is 0 Å². The SMILES string of the molecule is CC(=O)N(c1nnc(SCC2CCCCO2)s1)C1CC1. The van der Waals surface area contributed by atoms with E-state index in [1.54, 1.807) is 23.6 Å². The Labute approximate surface area is 127 Å². The van der Waals surface area contributed by atoms with E-state index in [2.05, 4.69) is 10.2 Å². The third-order valence-electron chi connectivity index (χ3n) is 3.52. The number of amides is 1. The average molecular weight is 313 g/mol. The maximum atomic E-state index is 11.7. The lowest BCUT2D eigenvalue weighted by molar-refractivity contribution is -0.116. The second-order valence-electron chi connectivity index (χ2n) is 5.27. The van der Waals surface area contributed by atoms with Crippen LogP contribution in [0.3, 0.4) is 0 Å². The molecule has 2 heterocycles. The number of thioether (sulfide) groups is 1. The lowest BCUT2D eigenvalue weighted by Gasteiger charge is -2.21. The zero-order valence-corrected chi connectivity index (χ0v) is 13.2. The number of hydrogen-bond acceptors (Lipinski definition) is 6. The maximum Gasteiger partial charge on any atom is 0.225 e.